The lowest BCUT2D eigenvalue weighted by atomic mass is 10.0. The Balaban J connectivity index is 1.98. The molecule has 20 heavy (non-hydrogen) atoms. The average molecular weight is 297 g/mol. The minimum atomic E-state index is -0.911. The summed E-state index contributed by atoms with van der Waals surface area (Å²) in [5, 5.41) is 9.11. The van der Waals surface area contributed by atoms with Gasteiger partial charge in [-0.2, -0.15) is 0 Å². The van der Waals surface area contributed by atoms with Crippen LogP contribution >= 0.6 is 11.8 Å². The summed E-state index contributed by atoms with van der Waals surface area (Å²) in [6.45, 7) is 3.29. The molecule has 0 aromatic rings. The molecule has 1 saturated carbocycles. The number of aliphatic carboxylic acids is 1. The van der Waals surface area contributed by atoms with E-state index < -0.39 is 10.7 Å². The van der Waals surface area contributed by atoms with Crippen molar-refractivity contribution in [3.63, 3.8) is 0 Å². The standard InChI is InChI=1S/C15H23NO3S/c1-15(2,14(18)19)20-10-13(17)16(12-8-9-12)11-6-4-3-5-7-11/h6,12H,3-5,7-10H2,1-2H3,(H,18,19). The number of carboxylic acids is 1. The molecule has 0 aromatic carbocycles. The lowest BCUT2D eigenvalue weighted by Gasteiger charge is -2.29. The van der Waals surface area contributed by atoms with Gasteiger partial charge < -0.3 is 10.0 Å². The van der Waals surface area contributed by atoms with Gasteiger partial charge in [-0.05, 0) is 52.4 Å². The second-order valence-corrected chi connectivity index (χ2v) is 7.64. The maximum Gasteiger partial charge on any atom is 0.319 e. The van der Waals surface area contributed by atoms with Crippen molar-refractivity contribution in [2.75, 3.05) is 5.75 Å². The quantitative estimate of drug-likeness (QED) is 0.818. The number of amides is 1. The van der Waals surface area contributed by atoms with Gasteiger partial charge in [0.25, 0.3) is 0 Å². The Morgan fingerprint density at radius 2 is 2.10 bits per heavy atom. The van der Waals surface area contributed by atoms with Crippen molar-refractivity contribution in [1.29, 1.82) is 0 Å². The van der Waals surface area contributed by atoms with Crippen LogP contribution < -0.4 is 0 Å². The molecule has 1 N–H and O–H groups in total. The molecule has 5 heteroatoms. The van der Waals surface area contributed by atoms with Gasteiger partial charge in [0.05, 0.1) is 5.75 Å². The Morgan fingerprint density at radius 3 is 2.60 bits per heavy atom. The topological polar surface area (TPSA) is 57.6 Å². The van der Waals surface area contributed by atoms with Crippen LogP contribution in [-0.2, 0) is 9.59 Å². The zero-order valence-corrected chi connectivity index (χ0v) is 13.0. The zero-order valence-electron chi connectivity index (χ0n) is 12.2. The zero-order chi connectivity index (χ0) is 14.8. The highest BCUT2D eigenvalue weighted by atomic mass is 32.2. The van der Waals surface area contributed by atoms with Crippen molar-refractivity contribution in [3.05, 3.63) is 11.8 Å². The Kier molecular flexibility index (Phi) is 4.78. The van der Waals surface area contributed by atoms with Crippen LogP contribution in [0.3, 0.4) is 0 Å². The van der Waals surface area contributed by atoms with E-state index in [1.807, 2.05) is 4.90 Å². The van der Waals surface area contributed by atoms with Gasteiger partial charge in [0.15, 0.2) is 0 Å². The van der Waals surface area contributed by atoms with Crippen molar-refractivity contribution >= 4 is 23.6 Å². The fourth-order valence-corrected chi connectivity index (χ4v) is 3.09. The van der Waals surface area contributed by atoms with Gasteiger partial charge in [-0.3, -0.25) is 9.59 Å². The maximum absolute atomic E-state index is 12.5. The van der Waals surface area contributed by atoms with E-state index in [1.165, 1.54) is 18.2 Å². The van der Waals surface area contributed by atoms with E-state index in [2.05, 4.69) is 6.08 Å². The Morgan fingerprint density at radius 1 is 1.40 bits per heavy atom. The molecule has 4 nitrogen and oxygen atoms in total. The molecule has 0 unspecified atom stereocenters. The first-order chi connectivity index (χ1) is 9.42. The van der Waals surface area contributed by atoms with Gasteiger partial charge in [0, 0.05) is 11.7 Å². The van der Waals surface area contributed by atoms with Crippen LogP contribution in [0.4, 0.5) is 0 Å². The minimum Gasteiger partial charge on any atom is -0.480 e. The van der Waals surface area contributed by atoms with E-state index in [0.717, 1.165) is 37.8 Å². The van der Waals surface area contributed by atoms with Crippen LogP contribution in [0, 0.1) is 0 Å². The minimum absolute atomic E-state index is 0.0694. The number of hydrogen-bond acceptors (Lipinski definition) is 3. The average Bonchev–Trinajstić information content (AvgIpc) is 3.22. The van der Waals surface area contributed by atoms with E-state index in [4.69, 9.17) is 5.11 Å². The second-order valence-electron chi connectivity index (χ2n) is 6.04. The van der Waals surface area contributed by atoms with Crippen LogP contribution in [0.5, 0.6) is 0 Å². The van der Waals surface area contributed by atoms with E-state index in [1.54, 1.807) is 13.8 Å². The molecule has 1 amide bonds. The van der Waals surface area contributed by atoms with Gasteiger partial charge >= 0.3 is 5.97 Å². The van der Waals surface area contributed by atoms with Crippen molar-refractivity contribution in [1.82, 2.24) is 4.90 Å². The molecule has 0 atom stereocenters. The highest BCUT2D eigenvalue weighted by molar-refractivity contribution is 8.01. The molecular weight excluding hydrogens is 274 g/mol. The van der Waals surface area contributed by atoms with E-state index in [9.17, 15) is 9.59 Å². The van der Waals surface area contributed by atoms with Gasteiger partial charge in [0.1, 0.15) is 4.75 Å². The van der Waals surface area contributed by atoms with Gasteiger partial charge in [0.2, 0.25) is 5.91 Å². The molecule has 2 aliphatic rings. The molecule has 0 aliphatic heterocycles. The SMILES string of the molecule is CC(C)(SCC(=O)N(C1=CCCCC1)C1CC1)C(=O)O. The third kappa shape index (κ3) is 3.78. The van der Waals surface area contributed by atoms with Crippen LogP contribution in [-0.4, -0.2) is 38.4 Å². The van der Waals surface area contributed by atoms with Crippen LogP contribution in [0.25, 0.3) is 0 Å². The molecule has 1 fully saturated rings. The van der Waals surface area contributed by atoms with Crippen molar-refractivity contribution in [2.45, 2.75) is 63.2 Å². The number of carboxylic acid groups (broad SMARTS) is 1. The van der Waals surface area contributed by atoms with Crippen LogP contribution in [0.2, 0.25) is 0 Å². The Hall–Kier alpha value is -0.970. The van der Waals surface area contributed by atoms with Gasteiger partial charge in [-0.15, -0.1) is 11.8 Å². The summed E-state index contributed by atoms with van der Waals surface area (Å²) in [6.07, 6.45) is 8.74. The molecule has 0 radical (unpaired) electrons. The first-order valence-corrected chi connectivity index (χ1v) is 8.29. The predicted molar refractivity (Wildman–Crippen MR) is 80.6 cm³/mol. The van der Waals surface area contributed by atoms with Crippen LogP contribution in [0.15, 0.2) is 11.8 Å². The van der Waals surface area contributed by atoms with E-state index in [-0.39, 0.29) is 11.7 Å². The predicted octanol–water partition coefficient (Wildman–Crippen LogP) is 3.03. The summed E-state index contributed by atoms with van der Waals surface area (Å²) in [5.41, 5.74) is 1.16. The van der Waals surface area contributed by atoms with Crippen LogP contribution in [0.1, 0.15) is 52.4 Å². The van der Waals surface area contributed by atoms with Gasteiger partial charge in [-0.1, -0.05) is 6.08 Å². The fourth-order valence-electron chi connectivity index (χ4n) is 2.34. The molecule has 2 aliphatic carbocycles. The molecule has 0 saturated heterocycles. The number of nitrogens with zero attached hydrogens (tertiary/aromatic N) is 1. The van der Waals surface area contributed by atoms with Crippen molar-refractivity contribution in [3.8, 4) is 0 Å². The van der Waals surface area contributed by atoms with Gasteiger partial charge in [-0.25, -0.2) is 0 Å². The molecule has 0 aromatic heterocycles. The summed E-state index contributed by atoms with van der Waals surface area (Å²) >= 11 is 1.21. The smallest absolute Gasteiger partial charge is 0.319 e. The molecular formula is C15H23NO3S. The second kappa shape index (κ2) is 6.20. The number of hydrogen-bond donors (Lipinski definition) is 1. The number of carbonyl (C=O) groups excluding carboxylic acids is 1. The first kappa shape index (κ1) is 15.4. The summed E-state index contributed by atoms with van der Waals surface area (Å²) in [7, 11) is 0. The normalized spacial score (nSPS) is 19.4. The lowest BCUT2D eigenvalue weighted by molar-refractivity contribution is -0.138. The van der Waals surface area contributed by atoms with E-state index in [0.29, 0.717) is 6.04 Å². The summed E-state index contributed by atoms with van der Waals surface area (Å²) in [4.78, 5) is 25.5. The Bertz CT molecular complexity index is 427. The molecule has 2 rings (SSSR count). The lowest BCUT2D eigenvalue weighted by Crippen LogP contribution is -2.36. The number of carbonyl (C=O) groups is 2. The number of thioether (sulfide) groups is 1. The molecule has 0 bridgehead atoms. The maximum atomic E-state index is 12.5. The number of allylic oxidation sites excluding steroid dienone is 2. The highest BCUT2D eigenvalue weighted by Crippen LogP contribution is 2.35. The highest BCUT2D eigenvalue weighted by Gasteiger charge is 2.36. The van der Waals surface area contributed by atoms with E-state index >= 15 is 0 Å². The van der Waals surface area contributed by atoms with Crippen molar-refractivity contribution in [2.24, 2.45) is 0 Å². The first-order valence-electron chi connectivity index (χ1n) is 7.30. The monoisotopic (exact) mass is 297 g/mol. The summed E-state index contributed by atoms with van der Waals surface area (Å²) < 4.78 is -0.911. The third-order valence-corrected chi connectivity index (χ3v) is 5.12. The summed E-state index contributed by atoms with van der Waals surface area (Å²) in [5.74, 6) is -0.558. The fraction of sp³-hybridized carbons (Fsp3) is 0.733. The summed E-state index contributed by atoms with van der Waals surface area (Å²) in [6, 6.07) is 0.361. The van der Waals surface area contributed by atoms with Crippen molar-refractivity contribution < 1.29 is 14.7 Å². The number of rotatable bonds is 6. The third-order valence-electron chi connectivity index (χ3n) is 3.83. The molecule has 0 heterocycles. The molecule has 0 spiro atoms. The largest absolute Gasteiger partial charge is 0.480 e. The Labute approximate surface area is 124 Å². The molecule has 112 valence electrons.